The highest BCUT2D eigenvalue weighted by Crippen LogP contribution is 2.14. The first-order valence-corrected chi connectivity index (χ1v) is 5.60. The summed E-state index contributed by atoms with van der Waals surface area (Å²) in [7, 11) is 0. The summed E-state index contributed by atoms with van der Waals surface area (Å²) in [6.07, 6.45) is 2.37. The van der Waals surface area contributed by atoms with E-state index in [9.17, 15) is 9.59 Å². The minimum absolute atomic E-state index is 0.138. The molecule has 1 aromatic carbocycles. The smallest absolute Gasteiger partial charge is 0.339 e. The maximum Gasteiger partial charge on any atom is 0.339 e. The lowest BCUT2D eigenvalue weighted by Crippen LogP contribution is -2.11. The Morgan fingerprint density at radius 3 is 2.47 bits per heavy atom. The van der Waals surface area contributed by atoms with E-state index in [0.717, 1.165) is 11.1 Å². The van der Waals surface area contributed by atoms with Crippen LogP contribution in [0.3, 0.4) is 0 Å². The van der Waals surface area contributed by atoms with Gasteiger partial charge in [-0.05, 0) is 30.5 Å². The Morgan fingerprint density at radius 1 is 1.29 bits per heavy atom. The van der Waals surface area contributed by atoms with Crippen LogP contribution in [-0.2, 0) is 9.59 Å². The minimum Gasteiger partial charge on any atom is -0.478 e. The van der Waals surface area contributed by atoms with Crippen molar-refractivity contribution in [2.24, 2.45) is 0 Å². The Hall–Kier alpha value is -1.90. The number of ketones is 1. The lowest BCUT2D eigenvalue weighted by Gasteiger charge is -2.03. The number of carboxylic acid groups (broad SMARTS) is 1. The predicted octanol–water partition coefficient (Wildman–Crippen LogP) is 2.83. The van der Waals surface area contributed by atoms with Crippen molar-refractivity contribution in [1.82, 2.24) is 0 Å². The number of carbonyl (C=O) groups is 2. The zero-order chi connectivity index (χ0) is 12.8. The number of hydrogen-bond acceptors (Lipinski definition) is 2. The molecule has 0 bridgehead atoms. The molecule has 0 atom stereocenters. The largest absolute Gasteiger partial charge is 0.478 e. The van der Waals surface area contributed by atoms with Crippen LogP contribution < -0.4 is 0 Å². The molecule has 1 aromatic rings. The first kappa shape index (κ1) is 13.2. The molecular formula is C14H16O3. The van der Waals surface area contributed by atoms with Crippen LogP contribution in [0.2, 0.25) is 0 Å². The Kier molecular flexibility index (Phi) is 4.64. The molecule has 90 valence electrons. The van der Waals surface area contributed by atoms with Crippen LogP contribution >= 0.6 is 0 Å². The number of carbonyl (C=O) groups excluding carboxylic acids is 1. The summed E-state index contributed by atoms with van der Waals surface area (Å²) in [6.45, 7) is 3.74. The molecule has 0 aromatic heterocycles. The van der Waals surface area contributed by atoms with Crippen molar-refractivity contribution < 1.29 is 14.7 Å². The molecule has 0 aliphatic heterocycles. The summed E-state index contributed by atoms with van der Waals surface area (Å²) < 4.78 is 0. The normalized spacial score (nSPS) is 11.3. The Morgan fingerprint density at radius 2 is 1.94 bits per heavy atom. The molecule has 0 saturated heterocycles. The molecule has 1 rings (SSSR count). The highest BCUT2D eigenvalue weighted by Gasteiger charge is 2.16. The van der Waals surface area contributed by atoms with Crippen molar-refractivity contribution in [3.8, 4) is 0 Å². The van der Waals surface area contributed by atoms with Crippen LogP contribution in [0.4, 0.5) is 0 Å². The number of rotatable bonds is 5. The zero-order valence-corrected chi connectivity index (χ0v) is 10.1. The molecule has 0 aliphatic carbocycles. The molecular weight excluding hydrogens is 216 g/mol. The molecule has 0 radical (unpaired) electrons. The van der Waals surface area contributed by atoms with Gasteiger partial charge in [0.15, 0.2) is 5.78 Å². The van der Waals surface area contributed by atoms with Crippen LogP contribution in [0.25, 0.3) is 6.08 Å². The fourth-order valence-electron chi connectivity index (χ4n) is 1.53. The maximum absolute atomic E-state index is 11.7. The van der Waals surface area contributed by atoms with E-state index in [1.54, 1.807) is 6.07 Å². The van der Waals surface area contributed by atoms with E-state index in [1.807, 2.05) is 32.0 Å². The third-order valence-corrected chi connectivity index (χ3v) is 2.50. The second-order valence-corrected chi connectivity index (χ2v) is 3.89. The number of hydrogen-bond donors (Lipinski definition) is 1. The molecule has 0 heterocycles. The summed E-state index contributed by atoms with van der Waals surface area (Å²) in [5.74, 6) is -1.48. The SMILES string of the molecule is CCCC(=O)C(=Cc1ccccc1C)C(=O)O. The van der Waals surface area contributed by atoms with Gasteiger partial charge in [0.1, 0.15) is 5.57 Å². The van der Waals surface area contributed by atoms with Crippen LogP contribution in [0.5, 0.6) is 0 Å². The highest BCUT2D eigenvalue weighted by molar-refractivity contribution is 6.20. The second-order valence-electron chi connectivity index (χ2n) is 3.89. The Balaban J connectivity index is 3.11. The Labute approximate surface area is 101 Å². The molecule has 3 nitrogen and oxygen atoms in total. The molecule has 0 fully saturated rings. The van der Waals surface area contributed by atoms with E-state index in [0.29, 0.717) is 6.42 Å². The van der Waals surface area contributed by atoms with E-state index < -0.39 is 5.97 Å². The van der Waals surface area contributed by atoms with Crippen LogP contribution in [-0.4, -0.2) is 16.9 Å². The number of benzene rings is 1. The number of aliphatic carboxylic acids is 1. The monoisotopic (exact) mass is 232 g/mol. The molecule has 0 aliphatic rings. The van der Waals surface area contributed by atoms with Crippen molar-refractivity contribution in [3.63, 3.8) is 0 Å². The number of aryl methyl sites for hydroxylation is 1. The van der Waals surface area contributed by atoms with Gasteiger partial charge in [-0.15, -0.1) is 0 Å². The first-order chi connectivity index (χ1) is 8.06. The molecule has 0 saturated carbocycles. The standard InChI is InChI=1S/C14H16O3/c1-3-6-13(15)12(14(16)17)9-11-8-5-4-7-10(11)2/h4-5,7-9H,3,6H2,1-2H3,(H,16,17). The van der Waals surface area contributed by atoms with E-state index in [4.69, 9.17) is 5.11 Å². The first-order valence-electron chi connectivity index (χ1n) is 5.60. The van der Waals surface area contributed by atoms with Crippen LogP contribution in [0.15, 0.2) is 29.8 Å². The summed E-state index contributed by atoms with van der Waals surface area (Å²) in [5.41, 5.74) is 1.59. The zero-order valence-electron chi connectivity index (χ0n) is 10.1. The van der Waals surface area contributed by atoms with Gasteiger partial charge in [0.05, 0.1) is 0 Å². The van der Waals surface area contributed by atoms with E-state index >= 15 is 0 Å². The van der Waals surface area contributed by atoms with Gasteiger partial charge in [-0.3, -0.25) is 4.79 Å². The molecule has 0 amide bonds. The summed E-state index contributed by atoms with van der Waals surface area (Å²) >= 11 is 0. The lowest BCUT2D eigenvalue weighted by molar-refractivity contribution is -0.134. The summed E-state index contributed by atoms with van der Waals surface area (Å²) in [6, 6.07) is 7.39. The van der Waals surface area contributed by atoms with Gasteiger partial charge >= 0.3 is 5.97 Å². The Bertz CT molecular complexity index is 458. The maximum atomic E-state index is 11.7. The molecule has 1 N–H and O–H groups in total. The van der Waals surface area contributed by atoms with Gasteiger partial charge < -0.3 is 5.11 Å². The van der Waals surface area contributed by atoms with Crippen LogP contribution in [0.1, 0.15) is 30.9 Å². The third kappa shape index (κ3) is 3.55. The molecule has 17 heavy (non-hydrogen) atoms. The predicted molar refractivity (Wildman–Crippen MR) is 66.7 cm³/mol. The fourth-order valence-corrected chi connectivity index (χ4v) is 1.53. The molecule has 0 spiro atoms. The lowest BCUT2D eigenvalue weighted by atomic mass is 10.0. The van der Waals surface area contributed by atoms with Gasteiger partial charge in [-0.25, -0.2) is 4.79 Å². The van der Waals surface area contributed by atoms with Gasteiger partial charge in [-0.1, -0.05) is 31.2 Å². The van der Waals surface area contributed by atoms with Crippen LogP contribution in [0, 0.1) is 6.92 Å². The fraction of sp³-hybridized carbons (Fsp3) is 0.286. The van der Waals surface area contributed by atoms with E-state index in [2.05, 4.69) is 0 Å². The average Bonchev–Trinajstić information content (AvgIpc) is 2.27. The quantitative estimate of drug-likeness (QED) is 0.482. The number of Topliss-reactive ketones (excluding diaryl/α,β-unsaturated/α-hetero) is 1. The third-order valence-electron chi connectivity index (χ3n) is 2.50. The minimum atomic E-state index is -1.16. The van der Waals surface area contributed by atoms with Crippen molar-refractivity contribution in [2.45, 2.75) is 26.7 Å². The highest BCUT2D eigenvalue weighted by atomic mass is 16.4. The number of carboxylic acids is 1. The van der Waals surface area contributed by atoms with Crippen molar-refractivity contribution in [3.05, 3.63) is 41.0 Å². The van der Waals surface area contributed by atoms with Crippen molar-refractivity contribution in [2.75, 3.05) is 0 Å². The van der Waals surface area contributed by atoms with Gasteiger partial charge in [0.2, 0.25) is 0 Å². The van der Waals surface area contributed by atoms with Crippen molar-refractivity contribution in [1.29, 1.82) is 0 Å². The second kappa shape index (κ2) is 5.99. The topological polar surface area (TPSA) is 54.4 Å². The van der Waals surface area contributed by atoms with Gasteiger partial charge in [0.25, 0.3) is 0 Å². The van der Waals surface area contributed by atoms with E-state index in [1.165, 1.54) is 6.08 Å². The van der Waals surface area contributed by atoms with E-state index in [-0.39, 0.29) is 17.8 Å². The summed E-state index contributed by atoms with van der Waals surface area (Å²) in [5, 5.41) is 9.03. The van der Waals surface area contributed by atoms with Crippen molar-refractivity contribution >= 4 is 17.8 Å². The van der Waals surface area contributed by atoms with Gasteiger partial charge in [-0.2, -0.15) is 0 Å². The molecule has 0 unspecified atom stereocenters. The van der Waals surface area contributed by atoms with Gasteiger partial charge in [0, 0.05) is 6.42 Å². The average molecular weight is 232 g/mol. The molecule has 3 heteroatoms. The summed E-state index contributed by atoms with van der Waals surface area (Å²) in [4.78, 5) is 22.7.